The fraction of sp³-hybridized carbons (Fsp3) is 0.118. The van der Waals surface area contributed by atoms with E-state index in [-0.39, 0.29) is 6.04 Å². The van der Waals surface area contributed by atoms with Crippen molar-refractivity contribution in [3.63, 3.8) is 0 Å². The van der Waals surface area contributed by atoms with Crippen LogP contribution in [0.5, 0.6) is 0 Å². The van der Waals surface area contributed by atoms with E-state index in [9.17, 15) is 8.78 Å². The highest BCUT2D eigenvalue weighted by Crippen LogP contribution is 2.17. The zero-order chi connectivity index (χ0) is 15.5. The maximum Gasteiger partial charge on any atom is 0.189 e. The quantitative estimate of drug-likeness (QED) is 0.794. The summed E-state index contributed by atoms with van der Waals surface area (Å²) in [5, 5.41) is 3.07. The number of halogens is 2. The van der Waals surface area contributed by atoms with Crippen molar-refractivity contribution >= 4 is 5.96 Å². The Morgan fingerprint density at radius 2 is 1.64 bits per heavy atom. The van der Waals surface area contributed by atoms with Gasteiger partial charge in [-0.25, -0.2) is 8.78 Å². The molecule has 1 aliphatic heterocycles. The number of guanidine groups is 1. The highest BCUT2D eigenvalue weighted by Gasteiger charge is 2.16. The maximum atomic E-state index is 13.1. The minimum Gasteiger partial charge on any atom is -0.370 e. The lowest BCUT2D eigenvalue weighted by Gasteiger charge is -2.10. The number of rotatable bonds is 1. The summed E-state index contributed by atoms with van der Waals surface area (Å²) in [6.07, 6.45) is 0. The summed E-state index contributed by atoms with van der Waals surface area (Å²) < 4.78 is 26.2. The van der Waals surface area contributed by atoms with Crippen LogP contribution in [0.3, 0.4) is 0 Å². The van der Waals surface area contributed by atoms with Crippen molar-refractivity contribution in [1.82, 2.24) is 5.32 Å². The van der Waals surface area contributed by atoms with E-state index < -0.39 is 11.6 Å². The van der Waals surface area contributed by atoms with Gasteiger partial charge in [0.05, 0.1) is 12.6 Å². The van der Waals surface area contributed by atoms with Crippen LogP contribution in [0, 0.1) is 23.5 Å². The van der Waals surface area contributed by atoms with E-state index in [0.717, 1.165) is 17.2 Å². The first-order chi connectivity index (χ1) is 10.6. The van der Waals surface area contributed by atoms with Gasteiger partial charge in [0.25, 0.3) is 0 Å². The summed E-state index contributed by atoms with van der Waals surface area (Å²) in [6, 6.07) is 10.9. The van der Waals surface area contributed by atoms with Crippen LogP contribution in [-0.2, 0) is 0 Å². The van der Waals surface area contributed by atoms with Crippen molar-refractivity contribution in [2.45, 2.75) is 6.04 Å². The molecule has 1 aliphatic rings. The second-order valence-corrected chi connectivity index (χ2v) is 4.95. The maximum absolute atomic E-state index is 13.1. The predicted octanol–water partition coefficient (Wildman–Crippen LogP) is 2.32. The van der Waals surface area contributed by atoms with Crippen LogP contribution in [0.4, 0.5) is 8.78 Å². The lowest BCUT2D eigenvalue weighted by atomic mass is 10.1. The normalized spacial score (nSPS) is 16.5. The van der Waals surface area contributed by atoms with Crippen LogP contribution in [0.15, 0.2) is 47.5 Å². The average Bonchev–Trinajstić information content (AvgIpc) is 2.91. The first-order valence-corrected chi connectivity index (χ1v) is 6.75. The van der Waals surface area contributed by atoms with E-state index in [1.807, 2.05) is 24.3 Å². The standard InChI is InChI=1S/C17H13F2N3/c18-14-7-12(8-15(19)9-14)2-1-11-3-5-13(6-4-11)16-10-21-17(20)22-16/h3-9,16H,10H2,(H3,20,21,22). The fourth-order valence-corrected chi connectivity index (χ4v) is 2.22. The van der Waals surface area contributed by atoms with Gasteiger partial charge in [-0.3, -0.25) is 4.99 Å². The van der Waals surface area contributed by atoms with E-state index in [4.69, 9.17) is 5.73 Å². The molecule has 0 aliphatic carbocycles. The Hall–Kier alpha value is -2.87. The van der Waals surface area contributed by atoms with Gasteiger partial charge in [0.15, 0.2) is 5.96 Å². The third-order valence-electron chi connectivity index (χ3n) is 3.29. The van der Waals surface area contributed by atoms with Crippen molar-refractivity contribution < 1.29 is 8.78 Å². The minimum atomic E-state index is -0.635. The van der Waals surface area contributed by atoms with Gasteiger partial charge in [-0.05, 0) is 29.8 Å². The van der Waals surface area contributed by atoms with Gasteiger partial charge >= 0.3 is 0 Å². The number of nitrogens with two attached hydrogens (primary N) is 1. The van der Waals surface area contributed by atoms with E-state index in [2.05, 4.69) is 22.2 Å². The smallest absolute Gasteiger partial charge is 0.189 e. The topological polar surface area (TPSA) is 50.4 Å². The van der Waals surface area contributed by atoms with E-state index in [0.29, 0.717) is 18.1 Å². The molecule has 2 aromatic rings. The molecule has 3 nitrogen and oxygen atoms in total. The molecular formula is C17H13F2N3. The van der Waals surface area contributed by atoms with Gasteiger partial charge < -0.3 is 11.1 Å². The zero-order valence-corrected chi connectivity index (χ0v) is 11.6. The molecule has 3 rings (SSSR count). The Morgan fingerprint density at radius 1 is 1.00 bits per heavy atom. The summed E-state index contributed by atoms with van der Waals surface area (Å²) in [5.74, 6) is 4.81. The Labute approximate surface area is 126 Å². The summed E-state index contributed by atoms with van der Waals surface area (Å²) >= 11 is 0. The van der Waals surface area contributed by atoms with E-state index in [1.54, 1.807) is 0 Å². The molecule has 5 heteroatoms. The molecule has 1 unspecified atom stereocenters. The van der Waals surface area contributed by atoms with Crippen molar-refractivity contribution in [3.8, 4) is 11.8 Å². The fourth-order valence-electron chi connectivity index (χ4n) is 2.22. The van der Waals surface area contributed by atoms with Crippen molar-refractivity contribution in [1.29, 1.82) is 0 Å². The summed E-state index contributed by atoms with van der Waals surface area (Å²) in [6.45, 7) is 0.611. The second kappa shape index (κ2) is 5.86. The molecule has 0 spiro atoms. The molecule has 0 amide bonds. The van der Waals surface area contributed by atoms with Gasteiger partial charge in [-0.2, -0.15) is 0 Å². The molecule has 0 bridgehead atoms. The number of hydrogen-bond donors (Lipinski definition) is 2. The molecule has 0 saturated carbocycles. The van der Waals surface area contributed by atoms with Crippen LogP contribution >= 0.6 is 0 Å². The Morgan fingerprint density at radius 3 is 2.23 bits per heavy atom. The lowest BCUT2D eigenvalue weighted by Crippen LogP contribution is -2.29. The Balaban J connectivity index is 1.75. The highest BCUT2D eigenvalue weighted by atomic mass is 19.1. The molecule has 0 aromatic heterocycles. The minimum absolute atomic E-state index is 0.0827. The number of nitrogens with one attached hydrogen (secondary N) is 1. The third kappa shape index (κ3) is 3.23. The average molecular weight is 297 g/mol. The lowest BCUT2D eigenvalue weighted by molar-refractivity contribution is 0.582. The van der Waals surface area contributed by atoms with E-state index in [1.165, 1.54) is 12.1 Å². The zero-order valence-electron chi connectivity index (χ0n) is 11.6. The van der Waals surface area contributed by atoms with Crippen LogP contribution in [-0.4, -0.2) is 12.5 Å². The summed E-state index contributed by atoms with van der Waals surface area (Å²) in [5.41, 5.74) is 7.72. The first kappa shape index (κ1) is 14.1. The second-order valence-electron chi connectivity index (χ2n) is 4.95. The van der Waals surface area contributed by atoms with Crippen molar-refractivity contribution in [2.24, 2.45) is 10.7 Å². The largest absolute Gasteiger partial charge is 0.370 e. The summed E-state index contributed by atoms with van der Waals surface area (Å²) in [4.78, 5) is 4.09. The molecule has 110 valence electrons. The molecule has 22 heavy (non-hydrogen) atoms. The molecule has 2 aromatic carbocycles. The number of hydrogen-bond acceptors (Lipinski definition) is 3. The predicted molar refractivity (Wildman–Crippen MR) is 81.1 cm³/mol. The van der Waals surface area contributed by atoms with Gasteiger partial charge in [-0.1, -0.05) is 24.0 Å². The third-order valence-corrected chi connectivity index (χ3v) is 3.29. The van der Waals surface area contributed by atoms with Crippen LogP contribution in [0.25, 0.3) is 0 Å². The van der Waals surface area contributed by atoms with Crippen LogP contribution in [0.1, 0.15) is 22.7 Å². The van der Waals surface area contributed by atoms with Crippen molar-refractivity contribution in [2.75, 3.05) is 6.54 Å². The number of nitrogens with zero attached hydrogens (tertiary/aromatic N) is 1. The van der Waals surface area contributed by atoms with Crippen molar-refractivity contribution in [3.05, 3.63) is 70.8 Å². The van der Waals surface area contributed by atoms with Crippen LogP contribution < -0.4 is 11.1 Å². The molecule has 3 N–H and O–H groups in total. The monoisotopic (exact) mass is 297 g/mol. The molecule has 1 heterocycles. The van der Waals surface area contributed by atoms with Gasteiger partial charge in [0.2, 0.25) is 0 Å². The number of benzene rings is 2. The molecule has 0 saturated heterocycles. The Kier molecular flexibility index (Phi) is 3.75. The van der Waals surface area contributed by atoms with Gasteiger partial charge in [0.1, 0.15) is 11.6 Å². The first-order valence-electron chi connectivity index (χ1n) is 6.75. The van der Waals surface area contributed by atoms with E-state index >= 15 is 0 Å². The molecule has 1 atom stereocenters. The number of aliphatic imine (C=N–C) groups is 1. The van der Waals surface area contributed by atoms with Gasteiger partial charge in [0, 0.05) is 17.2 Å². The molecule has 0 radical (unpaired) electrons. The highest BCUT2D eigenvalue weighted by molar-refractivity contribution is 5.80. The Bertz CT molecular complexity index is 766. The van der Waals surface area contributed by atoms with Crippen LogP contribution in [0.2, 0.25) is 0 Å². The summed E-state index contributed by atoms with van der Waals surface area (Å²) in [7, 11) is 0. The SMILES string of the molecule is NC1=NCC(c2ccc(C#Cc3cc(F)cc(F)c3)cc2)N1. The molecular weight excluding hydrogens is 284 g/mol. The molecule has 0 fully saturated rings. The van der Waals surface area contributed by atoms with Gasteiger partial charge in [-0.15, -0.1) is 0 Å².